The molecule has 0 saturated heterocycles. The van der Waals surface area contributed by atoms with Gasteiger partial charge >= 0.3 is 0 Å². The summed E-state index contributed by atoms with van der Waals surface area (Å²) in [6, 6.07) is 10.1. The Kier molecular flexibility index (Phi) is 4.46. The van der Waals surface area contributed by atoms with Gasteiger partial charge in [0.1, 0.15) is 5.82 Å². The highest BCUT2D eigenvalue weighted by Crippen LogP contribution is 2.29. The Balaban J connectivity index is 2.28. The molecule has 0 heterocycles. The highest BCUT2D eigenvalue weighted by atomic mass is 35.5. The highest BCUT2D eigenvalue weighted by Gasteiger charge is 2.15. The lowest BCUT2D eigenvalue weighted by Crippen LogP contribution is -2.14. The van der Waals surface area contributed by atoms with Crippen LogP contribution in [0.4, 0.5) is 4.39 Å². The van der Waals surface area contributed by atoms with Crippen LogP contribution in [0.1, 0.15) is 22.7 Å². The molecule has 0 aliphatic heterocycles. The van der Waals surface area contributed by atoms with E-state index < -0.39 is 5.82 Å². The van der Waals surface area contributed by atoms with Gasteiger partial charge in [0, 0.05) is 11.1 Å². The summed E-state index contributed by atoms with van der Waals surface area (Å²) in [4.78, 5) is 0. The summed E-state index contributed by atoms with van der Waals surface area (Å²) in [5.41, 5.74) is 8.66. The number of hydrogen-bond acceptors (Lipinski definition) is 1. The quantitative estimate of drug-likeness (QED) is 0.874. The van der Waals surface area contributed by atoms with Crippen LogP contribution in [0.5, 0.6) is 0 Å². The SMILES string of the molecule is Cc1cccc(C(N)Cc2cccc(F)c2Cl)c1Cl. The van der Waals surface area contributed by atoms with E-state index in [0.29, 0.717) is 17.0 Å². The van der Waals surface area contributed by atoms with Crippen molar-refractivity contribution in [3.8, 4) is 0 Å². The van der Waals surface area contributed by atoms with Gasteiger partial charge in [-0.25, -0.2) is 4.39 Å². The molecular weight excluding hydrogens is 284 g/mol. The molecule has 0 fully saturated rings. The van der Waals surface area contributed by atoms with Crippen molar-refractivity contribution in [1.82, 2.24) is 0 Å². The first-order valence-electron chi connectivity index (χ1n) is 5.94. The van der Waals surface area contributed by atoms with Crippen molar-refractivity contribution in [2.75, 3.05) is 0 Å². The first kappa shape index (κ1) is 14.3. The minimum absolute atomic E-state index is 0.127. The summed E-state index contributed by atoms with van der Waals surface area (Å²) in [5, 5.41) is 0.782. The zero-order valence-electron chi connectivity index (χ0n) is 10.5. The molecule has 2 aromatic carbocycles. The summed E-state index contributed by atoms with van der Waals surface area (Å²) in [6.45, 7) is 1.92. The molecule has 1 unspecified atom stereocenters. The summed E-state index contributed by atoms with van der Waals surface area (Å²) in [7, 11) is 0. The van der Waals surface area contributed by atoms with Gasteiger partial charge in [0.15, 0.2) is 0 Å². The molecule has 1 nitrogen and oxygen atoms in total. The maximum Gasteiger partial charge on any atom is 0.142 e. The van der Waals surface area contributed by atoms with Crippen LogP contribution >= 0.6 is 23.2 Å². The van der Waals surface area contributed by atoms with Crippen LogP contribution in [0.2, 0.25) is 10.0 Å². The van der Waals surface area contributed by atoms with Crippen LogP contribution in [0, 0.1) is 12.7 Å². The zero-order chi connectivity index (χ0) is 14.0. The van der Waals surface area contributed by atoms with Crippen molar-refractivity contribution in [3.05, 3.63) is 69.0 Å². The molecule has 2 N–H and O–H groups in total. The van der Waals surface area contributed by atoms with Crippen molar-refractivity contribution in [2.45, 2.75) is 19.4 Å². The smallest absolute Gasteiger partial charge is 0.142 e. The van der Waals surface area contributed by atoms with Crippen LogP contribution < -0.4 is 5.73 Å². The third kappa shape index (κ3) is 3.08. The average molecular weight is 298 g/mol. The highest BCUT2D eigenvalue weighted by molar-refractivity contribution is 6.32. The van der Waals surface area contributed by atoms with Crippen molar-refractivity contribution in [2.24, 2.45) is 5.73 Å². The molecule has 19 heavy (non-hydrogen) atoms. The second kappa shape index (κ2) is 5.91. The number of rotatable bonds is 3. The minimum atomic E-state index is -0.429. The van der Waals surface area contributed by atoms with Crippen LogP contribution in [0.25, 0.3) is 0 Å². The normalized spacial score (nSPS) is 12.5. The van der Waals surface area contributed by atoms with Gasteiger partial charge in [-0.15, -0.1) is 0 Å². The fourth-order valence-corrected chi connectivity index (χ4v) is 2.48. The number of hydrogen-bond donors (Lipinski definition) is 1. The van der Waals surface area contributed by atoms with E-state index in [1.165, 1.54) is 6.07 Å². The molecule has 0 aromatic heterocycles. The van der Waals surface area contributed by atoms with Crippen LogP contribution in [-0.2, 0) is 6.42 Å². The van der Waals surface area contributed by atoms with Crippen LogP contribution in [-0.4, -0.2) is 0 Å². The molecule has 100 valence electrons. The van der Waals surface area contributed by atoms with Crippen molar-refractivity contribution in [3.63, 3.8) is 0 Å². The Labute approximate surface area is 122 Å². The summed E-state index contributed by atoms with van der Waals surface area (Å²) >= 11 is 12.2. The molecule has 0 aliphatic rings. The van der Waals surface area contributed by atoms with E-state index in [1.807, 2.05) is 25.1 Å². The van der Waals surface area contributed by atoms with E-state index >= 15 is 0 Å². The fourth-order valence-electron chi connectivity index (χ4n) is 2.01. The molecule has 0 aliphatic carbocycles. The number of benzene rings is 2. The van der Waals surface area contributed by atoms with E-state index in [9.17, 15) is 4.39 Å². The fraction of sp³-hybridized carbons (Fsp3) is 0.200. The summed E-state index contributed by atoms with van der Waals surface area (Å²) < 4.78 is 13.4. The zero-order valence-corrected chi connectivity index (χ0v) is 12.0. The molecule has 2 aromatic rings. The maximum atomic E-state index is 13.4. The van der Waals surface area contributed by atoms with E-state index in [1.54, 1.807) is 12.1 Å². The largest absolute Gasteiger partial charge is 0.324 e. The lowest BCUT2D eigenvalue weighted by atomic mass is 9.98. The lowest BCUT2D eigenvalue weighted by molar-refractivity contribution is 0.622. The molecule has 0 amide bonds. The predicted octanol–water partition coefficient (Wildman–Crippen LogP) is 4.68. The topological polar surface area (TPSA) is 26.0 Å². The van der Waals surface area contributed by atoms with E-state index in [2.05, 4.69) is 0 Å². The lowest BCUT2D eigenvalue weighted by Gasteiger charge is -2.16. The monoisotopic (exact) mass is 297 g/mol. The Hall–Kier alpha value is -1.09. The Bertz CT molecular complexity index is 599. The van der Waals surface area contributed by atoms with Crippen molar-refractivity contribution in [1.29, 1.82) is 0 Å². The van der Waals surface area contributed by atoms with Gasteiger partial charge in [-0.2, -0.15) is 0 Å². The van der Waals surface area contributed by atoms with Gasteiger partial charge in [-0.1, -0.05) is 53.5 Å². The summed E-state index contributed by atoms with van der Waals surface area (Å²) in [5.74, 6) is -0.429. The average Bonchev–Trinajstić information content (AvgIpc) is 2.38. The first-order chi connectivity index (χ1) is 9.00. The second-order valence-corrected chi connectivity index (χ2v) is 5.26. The first-order valence-corrected chi connectivity index (χ1v) is 6.69. The molecule has 1 atom stereocenters. The molecule has 4 heteroatoms. The number of aryl methyl sites for hydroxylation is 1. The molecule has 0 spiro atoms. The van der Waals surface area contributed by atoms with Crippen molar-refractivity contribution >= 4 is 23.2 Å². The summed E-state index contributed by atoms with van der Waals surface area (Å²) in [6.07, 6.45) is 0.444. The van der Waals surface area contributed by atoms with Gasteiger partial charge in [0.25, 0.3) is 0 Å². The standard InChI is InChI=1S/C15H14Cl2FN/c1-9-4-2-6-11(14(9)16)13(19)8-10-5-3-7-12(18)15(10)17/h2-7,13H,8,19H2,1H3. The molecular formula is C15H14Cl2FN. The second-order valence-electron chi connectivity index (χ2n) is 4.50. The molecule has 0 radical (unpaired) electrons. The molecule has 0 bridgehead atoms. The Morgan fingerprint density at radius 2 is 1.79 bits per heavy atom. The maximum absolute atomic E-state index is 13.4. The minimum Gasteiger partial charge on any atom is -0.324 e. The Morgan fingerprint density at radius 3 is 2.53 bits per heavy atom. The van der Waals surface area contributed by atoms with Crippen molar-refractivity contribution < 1.29 is 4.39 Å². The predicted molar refractivity (Wildman–Crippen MR) is 78.2 cm³/mol. The Morgan fingerprint density at radius 1 is 1.11 bits per heavy atom. The van der Waals surface area contributed by atoms with Gasteiger partial charge in [0.05, 0.1) is 5.02 Å². The van der Waals surface area contributed by atoms with E-state index in [4.69, 9.17) is 28.9 Å². The molecule has 0 saturated carbocycles. The third-order valence-electron chi connectivity index (χ3n) is 3.09. The number of nitrogens with two attached hydrogens (primary N) is 1. The number of halogens is 3. The van der Waals surface area contributed by atoms with Gasteiger partial charge in [-0.05, 0) is 36.1 Å². The van der Waals surface area contributed by atoms with Crippen LogP contribution in [0.3, 0.4) is 0 Å². The third-order valence-corrected chi connectivity index (χ3v) is 4.03. The van der Waals surface area contributed by atoms with E-state index in [-0.39, 0.29) is 11.1 Å². The van der Waals surface area contributed by atoms with Gasteiger partial charge in [-0.3, -0.25) is 0 Å². The van der Waals surface area contributed by atoms with Gasteiger partial charge in [0.2, 0.25) is 0 Å². The van der Waals surface area contributed by atoms with E-state index in [0.717, 1.165) is 11.1 Å². The molecule has 2 rings (SSSR count). The van der Waals surface area contributed by atoms with Gasteiger partial charge < -0.3 is 5.73 Å². The van der Waals surface area contributed by atoms with Crippen LogP contribution in [0.15, 0.2) is 36.4 Å².